The Morgan fingerprint density at radius 2 is 2.00 bits per heavy atom. The number of rotatable bonds is 5. The maximum Gasteiger partial charge on any atom is 0.416 e. The van der Waals surface area contributed by atoms with E-state index in [1.54, 1.807) is 6.07 Å². The van der Waals surface area contributed by atoms with Gasteiger partial charge in [-0.1, -0.05) is 25.5 Å². The van der Waals surface area contributed by atoms with E-state index < -0.39 is 11.7 Å². The third-order valence-electron chi connectivity index (χ3n) is 3.42. The van der Waals surface area contributed by atoms with Gasteiger partial charge in [0, 0.05) is 25.0 Å². The Morgan fingerprint density at radius 1 is 1.24 bits per heavy atom. The molecule has 21 heavy (non-hydrogen) atoms. The molecule has 2 aromatic rings. The van der Waals surface area contributed by atoms with Gasteiger partial charge in [0.05, 0.1) is 5.56 Å². The van der Waals surface area contributed by atoms with Crippen molar-refractivity contribution in [2.45, 2.75) is 38.5 Å². The first-order valence-electron chi connectivity index (χ1n) is 6.97. The van der Waals surface area contributed by atoms with E-state index in [9.17, 15) is 13.2 Å². The van der Waals surface area contributed by atoms with E-state index in [0.29, 0.717) is 12.1 Å². The van der Waals surface area contributed by atoms with E-state index >= 15 is 0 Å². The lowest BCUT2D eigenvalue weighted by molar-refractivity contribution is -0.137. The fourth-order valence-electron chi connectivity index (χ4n) is 2.31. The zero-order chi connectivity index (χ0) is 15.5. The molecular formula is C16H19F3N2. The SMILES string of the molecule is CCCC(N)c1ccn(Cc2cccc(C(F)(F)F)c2)c1. The molecule has 1 aromatic heterocycles. The number of alkyl halides is 3. The monoisotopic (exact) mass is 296 g/mol. The van der Waals surface area contributed by atoms with Gasteiger partial charge in [-0.2, -0.15) is 13.2 Å². The summed E-state index contributed by atoms with van der Waals surface area (Å²) in [5, 5.41) is 0. The van der Waals surface area contributed by atoms with Gasteiger partial charge in [0.15, 0.2) is 0 Å². The summed E-state index contributed by atoms with van der Waals surface area (Å²) in [6.07, 6.45) is 1.35. The minimum atomic E-state index is -4.30. The van der Waals surface area contributed by atoms with Gasteiger partial charge >= 0.3 is 6.18 Å². The molecule has 1 unspecified atom stereocenters. The molecule has 1 atom stereocenters. The molecule has 0 bridgehead atoms. The minimum absolute atomic E-state index is 0.0160. The van der Waals surface area contributed by atoms with Crippen LogP contribution >= 0.6 is 0 Å². The minimum Gasteiger partial charge on any atom is -0.350 e. The van der Waals surface area contributed by atoms with Crippen molar-refractivity contribution < 1.29 is 13.2 Å². The quantitative estimate of drug-likeness (QED) is 0.873. The van der Waals surface area contributed by atoms with Crippen LogP contribution in [0.2, 0.25) is 0 Å². The van der Waals surface area contributed by atoms with Gasteiger partial charge < -0.3 is 10.3 Å². The Morgan fingerprint density at radius 3 is 2.67 bits per heavy atom. The smallest absolute Gasteiger partial charge is 0.350 e. The van der Waals surface area contributed by atoms with Gasteiger partial charge in [0.25, 0.3) is 0 Å². The standard InChI is InChI=1S/C16H19F3N2/c1-2-4-15(20)13-7-8-21(11-13)10-12-5-3-6-14(9-12)16(17,18)19/h3,5-9,11,15H,2,4,10,20H2,1H3. The van der Waals surface area contributed by atoms with Crippen LogP contribution in [0, 0.1) is 0 Å². The summed E-state index contributed by atoms with van der Waals surface area (Å²) in [6.45, 7) is 2.47. The van der Waals surface area contributed by atoms with Crippen LogP contribution in [0.25, 0.3) is 0 Å². The average molecular weight is 296 g/mol. The maximum absolute atomic E-state index is 12.7. The van der Waals surface area contributed by atoms with E-state index in [2.05, 4.69) is 6.92 Å². The Hall–Kier alpha value is -1.75. The molecule has 2 rings (SSSR count). The highest BCUT2D eigenvalue weighted by Gasteiger charge is 2.30. The highest BCUT2D eigenvalue weighted by Crippen LogP contribution is 2.29. The Balaban J connectivity index is 2.12. The summed E-state index contributed by atoms with van der Waals surface area (Å²) in [5.41, 5.74) is 7.05. The van der Waals surface area contributed by atoms with Crippen molar-refractivity contribution >= 4 is 0 Å². The largest absolute Gasteiger partial charge is 0.416 e. The van der Waals surface area contributed by atoms with Crippen molar-refractivity contribution in [3.8, 4) is 0 Å². The molecule has 1 aromatic carbocycles. The lowest BCUT2D eigenvalue weighted by Crippen LogP contribution is -2.09. The molecule has 5 heteroatoms. The number of nitrogens with two attached hydrogens (primary N) is 1. The van der Waals surface area contributed by atoms with E-state index in [0.717, 1.165) is 24.5 Å². The van der Waals surface area contributed by atoms with Crippen molar-refractivity contribution in [2.75, 3.05) is 0 Å². The predicted octanol–water partition coefficient (Wildman–Crippen LogP) is 4.36. The molecular weight excluding hydrogens is 277 g/mol. The van der Waals surface area contributed by atoms with Gasteiger partial charge in [-0.05, 0) is 35.7 Å². The second-order valence-corrected chi connectivity index (χ2v) is 5.21. The van der Waals surface area contributed by atoms with Crippen LogP contribution in [-0.2, 0) is 12.7 Å². The first-order chi connectivity index (χ1) is 9.90. The maximum atomic E-state index is 12.7. The first-order valence-corrected chi connectivity index (χ1v) is 6.97. The van der Waals surface area contributed by atoms with Gasteiger partial charge in [0.2, 0.25) is 0 Å². The average Bonchev–Trinajstić information content (AvgIpc) is 2.87. The highest BCUT2D eigenvalue weighted by molar-refractivity contribution is 5.26. The van der Waals surface area contributed by atoms with Crippen LogP contribution in [0.4, 0.5) is 13.2 Å². The Kier molecular flexibility index (Phi) is 4.73. The summed E-state index contributed by atoms with van der Waals surface area (Å²) < 4.78 is 39.9. The van der Waals surface area contributed by atoms with Crippen molar-refractivity contribution in [3.63, 3.8) is 0 Å². The lowest BCUT2D eigenvalue weighted by atomic mass is 10.1. The summed E-state index contributed by atoms with van der Waals surface area (Å²) in [5.74, 6) is 0. The molecule has 1 heterocycles. The number of hydrogen-bond acceptors (Lipinski definition) is 1. The zero-order valence-corrected chi connectivity index (χ0v) is 11.9. The molecule has 0 saturated heterocycles. The van der Waals surface area contributed by atoms with Crippen molar-refractivity contribution in [3.05, 3.63) is 59.4 Å². The molecule has 2 N–H and O–H groups in total. The molecule has 114 valence electrons. The molecule has 0 fully saturated rings. The molecule has 0 aliphatic heterocycles. The van der Waals surface area contributed by atoms with E-state index in [1.807, 2.05) is 23.0 Å². The van der Waals surface area contributed by atoms with Crippen LogP contribution in [0.1, 0.15) is 42.5 Å². The van der Waals surface area contributed by atoms with Crippen LogP contribution in [0.5, 0.6) is 0 Å². The Labute approximate surface area is 122 Å². The lowest BCUT2D eigenvalue weighted by Gasteiger charge is -2.10. The fourth-order valence-corrected chi connectivity index (χ4v) is 2.31. The van der Waals surface area contributed by atoms with Crippen LogP contribution in [0.3, 0.4) is 0 Å². The summed E-state index contributed by atoms with van der Waals surface area (Å²) in [4.78, 5) is 0. The van der Waals surface area contributed by atoms with Crippen molar-refractivity contribution in [1.82, 2.24) is 4.57 Å². The second-order valence-electron chi connectivity index (χ2n) is 5.21. The normalized spacial score (nSPS) is 13.4. The van der Waals surface area contributed by atoms with Gasteiger partial charge in [0.1, 0.15) is 0 Å². The Bertz CT molecular complexity index is 587. The van der Waals surface area contributed by atoms with Crippen LogP contribution in [0.15, 0.2) is 42.7 Å². The van der Waals surface area contributed by atoms with Gasteiger partial charge in [-0.3, -0.25) is 0 Å². The first kappa shape index (κ1) is 15.6. The molecule has 2 nitrogen and oxygen atoms in total. The zero-order valence-electron chi connectivity index (χ0n) is 11.9. The molecule has 0 spiro atoms. The third kappa shape index (κ3) is 4.11. The number of halogens is 3. The predicted molar refractivity (Wildman–Crippen MR) is 76.8 cm³/mol. The summed E-state index contributed by atoms with van der Waals surface area (Å²) in [6, 6.07) is 7.31. The molecule has 0 aliphatic carbocycles. The molecule has 0 saturated carbocycles. The molecule has 0 aliphatic rings. The topological polar surface area (TPSA) is 30.9 Å². The van der Waals surface area contributed by atoms with Crippen molar-refractivity contribution in [2.24, 2.45) is 5.73 Å². The van der Waals surface area contributed by atoms with E-state index in [-0.39, 0.29) is 6.04 Å². The number of hydrogen-bond donors (Lipinski definition) is 1. The number of aromatic nitrogens is 1. The number of benzene rings is 1. The fraction of sp³-hybridized carbons (Fsp3) is 0.375. The number of nitrogens with zero attached hydrogens (tertiary/aromatic N) is 1. The summed E-state index contributed by atoms with van der Waals surface area (Å²) >= 11 is 0. The third-order valence-corrected chi connectivity index (χ3v) is 3.42. The van der Waals surface area contributed by atoms with Crippen molar-refractivity contribution in [1.29, 1.82) is 0 Å². The summed E-state index contributed by atoms with van der Waals surface area (Å²) in [7, 11) is 0. The van der Waals surface area contributed by atoms with E-state index in [4.69, 9.17) is 5.73 Å². The molecule has 0 amide bonds. The second kappa shape index (κ2) is 6.35. The highest BCUT2D eigenvalue weighted by atomic mass is 19.4. The van der Waals surface area contributed by atoms with E-state index in [1.165, 1.54) is 12.1 Å². The van der Waals surface area contributed by atoms with Crippen LogP contribution < -0.4 is 5.73 Å². The van der Waals surface area contributed by atoms with Gasteiger partial charge in [-0.15, -0.1) is 0 Å². The van der Waals surface area contributed by atoms with Gasteiger partial charge in [-0.25, -0.2) is 0 Å². The molecule has 0 radical (unpaired) electrons. The van der Waals surface area contributed by atoms with Crippen LogP contribution in [-0.4, -0.2) is 4.57 Å².